The summed E-state index contributed by atoms with van der Waals surface area (Å²) in [6.07, 6.45) is 6.66. The lowest BCUT2D eigenvalue weighted by Gasteiger charge is -2.40. The van der Waals surface area contributed by atoms with Gasteiger partial charge in [-0.2, -0.15) is 5.10 Å². The fourth-order valence-corrected chi connectivity index (χ4v) is 5.66. The minimum Gasteiger partial charge on any atom is -0.479 e. The molecule has 2 aliphatic rings. The van der Waals surface area contributed by atoms with E-state index in [1.807, 2.05) is 17.2 Å². The number of aromatic nitrogens is 4. The first kappa shape index (κ1) is 27.2. The van der Waals surface area contributed by atoms with Crippen molar-refractivity contribution in [3.05, 3.63) is 53.4 Å². The van der Waals surface area contributed by atoms with Gasteiger partial charge >= 0.3 is 0 Å². The van der Waals surface area contributed by atoms with Gasteiger partial charge in [0, 0.05) is 48.9 Å². The molecule has 0 bridgehead atoms. The molecule has 1 atom stereocenters. The first-order valence-corrected chi connectivity index (χ1v) is 13.8. The van der Waals surface area contributed by atoms with Gasteiger partial charge in [-0.1, -0.05) is 13.3 Å². The molecule has 208 valence electrons. The Balaban J connectivity index is 1.52. The van der Waals surface area contributed by atoms with E-state index in [1.54, 1.807) is 10.9 Å². The summed E-state index contributed by atoms with van der Waals surface area (Å²) >= 11 is 0. The molecule has 3 aromatic rings. The Morgan fingerprint density at radius 2 is 1.97 bits per heavy atom. The highest BCUT2D eigenvalue weighted by Gasteiger charge is 2.31. The highest BCUT2D eigenvalue weighted by atomic mass is 19.1. The first-order chi connectivity index (χ1) is 18.9. The maximum atomic E-state index is 14.6. The van der Waals surface area contributed by atoms with E-state index >= 15 is 0 Å². The van der Waals surface area contributed by atoms with Crippen LogP contribution in [0.1, 0.15) is 56.6 Å². The van der Waals surface area contributed by atoms with Crippen molar-refractivity contribution in [2.75, 3.05) is 40.0 Å². The van der Waals surface area contributed by atoms with Crippen LogP contribution in [-0.2, 0) is 22.4 Å². The van der Waals surface area contributed by atoms with E-state index < -0.39 is 5.82 Å². The van der Waals surface area contributed by atoms with E-state index in [1.165, 1.54) is 13.2 Å². The third kappa shape index (κ3) is 5.53. The third-order valence-corrected chi connectivity index (χ3v) is 7.61. The Hall–Kier alpha value is -3.37. The summed E-state index contributed by atoms with van der Waals surface area (Å²) in [7, 11) is 1.40. The first-order valence-electron chi connectivity index (χ1n) is 13.8. The standard InChI is InChI=1S/C29H37FN6O3/c1-5-6-26(34-11-12-35(19(2)3)27(37)18-34)24-15-20(7-10-31-24)28-22-8-13-39-14-9-25(22)36(33-28)21-16-23(30)29(38-4)32-17-21/h7,10,15-17,19,26H,5-6,8-9,11-14,18H2,1-4H3. The molecule has 39 heavy (non-hydrogen) atoms. The molecule has 1 amide bonds. The van der Waals surface area contributed by atoms with Crippen molar-refractivity contribution in [1.82, 2.24) is 29.5 Å². The zero-order chi connectivity index (χ0) is 27.5. The summed E-state index contributed by atoms with van der Waals surface area (Å²) in [5.41, 5.74) is 5.35. The van der Waals surface area contributed by atoms with Crippen molar-refractivity contribution in [1.29, 1.82) is 0 Å². The number of amides is 1. The lowest BCUT2D eigenvalue weighted by molar-refractivity contribution is -0.139. The normalized spacial score (nSPS) is 17.3. The van der Waals surface area contributed by atoms with Gasteiger partial charge in [-0.25, -0.2) is 14.1 Å². The Kier molecular flexibility index (Phi) is 8.23. The molecule has 0 spiro atoms. The van der Waals surface area contributed by atoms with E-state index in [-0.39, 0.29) is 23.9 Å². The van der Waals surface area contributed by atoms with E-state index in [2.05, 4.69) is 36.7 Å². The molecule has 3 aromatic heterocycles. The summed E-state index contributed by atoms with van der Waals surface area (Å²) < 4.78 is 27.1. The van der Waals surface area contributed by atoms with Crippen LogP contribution in [0.3, 0.4) is 0 Å². The fourth-order valence-electron chi connectivity index (χ4n) is 5.66. The van der Waals surface area contributed by atoms with Crippen LogP contribution >= 0.6 is 0 Å². The van der Waals surface area contributed by atoms with E-state index in [9.17, 15) is 9.18 Å². The molecule has 9 nitrogen and oxygen atoms in total. The smallest absolute Gasteiger partial charge is 0.250 e. The van der Waals surface area contributed by atoms with Crippen LogP contribution in [0.15, 0.2) is 30.6 Å². The van der Waals surface area contributed by atoms with Gasteiger partial charge in [-0.15, -0.1) is 0 Å². The van der Waals surface area contributed by atoms with Gasteiger partial charge in [0.25, 0.3) is 0 Å². The number of nitrogens with zero attached hydrogens (tertiary/aromatic N) is 6. The molecule has 1 unspecified atom stereocenters. The average molecular weight is 537 g/mol. The van der Waals surface area contributed by atoms with Gasteiger partial charge in [0.1, 0.15) is 0 Å². The number of methoxy groups -OCH3 is 1. The number of carbonyl (C=O) groups excluding carboxylic acids is 1. The van der Waals surface area contributed by atoms with Gasteiger partial charge in [-0.3, -0.25) is 14.7 Å². The summed E-state index contributed by atoms with van der Waals surface area (Å²) in [6.45, 7) is 9.38. The number of halogens is 1. The highest BCUT2D eigenvalue weighted by Crippen LogP contribution is 2.33. The van der Waals surface area contributed by atoms with E-state index in [4.69, 9.17) is 19.6 Å². The fraction of sp³-hybridized carbons (Fsp3) is 0.517. The van der Waals surface area contributed by atoms with Gasteiger partial charge < -0.3 is 14.4 Å². The van der Waals surface area contributed by atoms with Gasteiger partial charge in [0.05, 0.1) is 61.9 Å². The quantitative estimate of drug-likeness (QED) is 0.430. The van der Waals surface area contributed by atoms with Crippen molar-refractivity contribution in [3.63, 3.8) is 0 Å². The molecular weight excluding hydrogens is 499 g/mol. The number of rotatable bonds is 8. The maximum absolute atomic E-state index is 14.6. The molecule has 1 fully saturated rings. The summed E-state index contributed by atoms with van der Waals surface area (Å²) in [5, 5.41) is 4.98. The molecule has 0 N–H and O–H groups in total. The number of fused-ring (bicyclic) bond motifs is 1. The van der Waals surface area contributed by atoms with Gasteiger partial charge in [0.15, 0.2) is 5.82 Å². The zero-order valence-electron chi connectivity index (χ0n) is 23.2. The number of carbonyl (C=O) groups is 1. The monoisotopic (exact) mass is 536 g/mol. The van der Waals surface area contributed by atoms with Gasteiger partial charge in [0.2, 0.25) is 11.8 Å². The van der Waals surface area contributed by atoms with E-state index in [0.717, 1.165) is 54.1 Å². The van der Waals surface area contributed by atoms with Crippen molar-refractivity contribution in [3.8, 4) is 22.8 Å². The molecular formula is C29H37FN6O3. The van der Waals surface area contributed by atoms with Crippen LogP contribution in [0.2, 0.25) is 0 Å². The lowest BCUT2D eigenvalue weighted by atomic mass is 9.99. The molecule has 0 radical (unpaired) electrons. The second-order valence-electron chi connectivity index (χ2n) is 10.4. The molecule has 0 saturated carbocycles. The minimum atomic E-state index is -0.536. The molecule has 0 aliphatic carbocycles. The number of piperazine rings is 1. The van der Waals surface area contributed by atoms with Crippen molar-refractivity contribution >= 4 is 5.91 Å². The predicted molar refractivity (Wildman–Crippen MR) is 145 cm³/mol. The van der Waals surface area contributed by atoms with Crippen molar-refractivity contribution < 1.29 is 18.7 Å². The Morgan fingerprint density at radius 3 is 2.69 bits per heavy atom. The number of pyridine rings is 2. The van der Waals surface area contributed by atoms with Crippen LogP contribution in [0.25, 0.3) is 16.9 Å². The number of ether oxygens (including phenoxy) is 2. The predicted octanol–water partition coefficient (Wildman–Crippen LogP) is 3.99. The lowest BCUT2D eigenvalue weighted by Crippen LogP contribution is -2.53. The molecule has 10 heteroatoms. The average Bonchev–Trinajstić information content (AvgIpc) is 3.12. The second kappa shape index (κ2) is 11.8. The topological polar surface area (TPSA) is 85.6 Å². The van der Waals surface area contributed by atoms with Crippen molar-refractivity contribution in [2.24, 2.45) is 0 Å². The van der Waals surface area contributed by atoms with E-state index in [0.29, 0.717) is 38.3 Å². The number of hydrogen-bond donors (Lipinski definition) is 0. The second-order valence-corrected chi connectivity index (χ2v) is 10.4. The number of hydrogen-bond acceptors (Lipinski definition) is 7. The Labute approximate surface area is 228 Å². The molecule has 1 saturated heterocycles. The summed E-state index contributed by atoms with van der Waals surface area (Å²) in [4.78, 5) is 26.0. The van der Waals surface area contributed by atoms with Crippen LogP contribution in [0, 0.1) is 5.82 Å². The van der Waals surface area contributed by atoms with Crippen LogP contribution in [0.4, 0.5) is 4.39 Å². The zero-order valence-corrected chi connectivity index (χ0v) is 23.2. The summed E-state index contributed by atoms with van der Waals surface area (Å²) in [5.74, 6) is -0.418. The molecule has 5 heterocycles. The molecule has 2 aliphatic heterocycles. The van der Waals surface area contributed by atoms with Gasteiger partial charge in [-0.05, 0) is 38.8 Å². The maximum Gasteiger partial charge on any atom is 0.250 e. The van der Waals surface area contributed by atoms with Crippen LogP contribution in [-0.4, -0.2) is 81.5 Å². The Morgan fingerprint density at radius 1 is 1.15 bits per heavy atom. The Bertz CT molecular complexity index is 1330. The SMILES string of the molecule is CCCC(c1cc(-c2nn(-c3cnc(OC)c(F)c3)c3c2CCOCC3)ccn1)N1CCN(C(C)C)C(=O)C1. The summed E-state index contributed by atoms with van der Waals surface area (Å²) in [6, 6.07) is 5.72. The third-order valence-electron chi connectivity index (χ3n) is 7.61. The highest BCUT2D eigenvalue weighted by molar-refractivity contribution is 5.79. The van der Waals surface area contributed by atoms with Crippen molar-refractivity contribution in [2.45, 2.75) is 58.5 Å². The largest absolute Gasteiger partial charge is 0.479 e. The van der Waals surface area contributed by atoms with Crippen LogP contribution < -0.4 is 4.74 Å². The molecule has 5 rings (SSSR count). The van der Waals surface area contributed by atoms with Crippen LogP contribution in [0.5, 0.6) is 5.88 Å². The molecule has 0 aromatic carbocycles. The minimum absolute atomic E-state index is 0.0390.